The molecule has 1 aromatic heterocycles. The molecule has 1 aliphatic heterocycles. The second-order valence-corrected chi connectivity index (χ2v) is 5.09. The van der Waals surface area contributed by atoms with E-state index < -0.39 is 5.60 Å². The Labute approximate surface area is 114 Å². The van der Waals surface area contributed by atoms with E-state index in [0.29, 0.717) is 32.0 Å². The van der Waals surface area contributed by atoms with Gasteiger partial charge in [0.15, 0.2) is 0 Å². The number of anilines is 2. The molecule has 1 aromatic rings. The molecule has 100 valence electrons. The van der Waals surface area contributed by atoms with Gasteiger partial charge in [-0.3, -0.25) is 0 Å². The summed E-state index contributed by atoms with van der Waals surface area (Å²) in [4.78, 5) is 8.28. The molecule has 0 spiro atoms. The van der Waals surface area contributed by atoms with Crippen molar-refractivity contribution in [1.82, 2.24) is 9.97 Å². The lowest BCUT2D eigenvalue weighted by molar-refractivity contribution is 0.0381. The van der Waals surface area contributed by atoms with Crippen molar-refractivity contribution in [1.29, 1.82) is 0 Å². The molecule has 0 aliphatic carbocycles. The van der Waals surface area contributed by atoms with Crippen molar-refractivity contribution >= 4 is 27.6 Å². The number of hydrogen-bond donors (Lipinski definition) is 3. The summed E-state index contributed by atoms with van der Waals surface area (Å²) in [6, 6.07) is 0. The molecule has 0 amide bonds. The van der Waals surface area contributed by atoms with Crippen LogP contribution in [0, 0.1) is 0 Å². The average molecular weight is 317 g/mol. The van der Waals surface area contributed by atoms with Gasteiger partial charge in [-0.25, -0.2) is 9.97 Å². The smallest absolute Gasteiger partial charge is 0.146 e. The molecule has 0 saturated carbocycles. The molecule has 1 aliphatic rings. The van der Waals surface area contributed by atoms with E-state index in [2.05, 4.69) is 36.5 Å². The van der Waals surface area contributed by atoms with Gasteiger partial charge in [0.05, 0.1) is 6.61 Å². The van der Waals surface area contributed by atoms with Crippen molar-refractivity contribution in [2.45, 2.75) is 18.9 Å². The Morgan fingerprint density at radius 2 is 2.17 bits per heavy atom. The fourth-order valence-electron chi connectivity index (χ4n) is 1.77. The highest BCUT2D eigenvalue weighted by atomic mass is 79.9. The van der Waals surface area contributed by atoms with Crippen molar-refractivity contribution in [2.75, 3.05) is 36.9 Å². The molecule has 0 radical (unpaired) electrons. The summed E-state index contributed by atoms with van der Waals surface area (Å²) >= 11 is 3.45. The zero-order valence-corrected chi connectivity index (χ0v) is 11.8. The molecule has 1 atom stereocenters. The average Bonchev–Trinajstić information content (AvgIpc) is 2.78. The topological polar surface area (TPSA) is 79.3 Å². The first-order chi connectivity index (χ1) is 8.64. The Morgan fingerprint density at radius 1 is 1.44 bits per heavy atom. The number of hydrogen-bond acceptors (Lipinski definition) is 6. The lowest BCUT2D eigenvalue weighted by Gasteiger charge is -2.21. The fourth-order valence-corrected chi connectivity index (χ4v) is 2.25. The van der Waals surface area contributed by atoms with Crippen LogP contribution in [-0.4, -0.2) is 47.0 Å². The first kappa shape index (κ1) is 13.5. The Morgan fingerprint density at radius 3 is 2.78 bits per heavy atom. The molecule has 18 heavy (non-hydrogen) atoms. The number of aliphatic hydroxyl groups is 1. The number of aromatic nitrogens is 2. The van der Waals surface area contributed by atoms with Gasteiger partial charge in [0, 0.05) is 26.1 Å². The summed E-state index contributed by atoms with van der Waals surface area (Å²) in [7, 11) is 0. The predicted molar refractivity (Wildman–Crippen MR) is 72.8 cm³/mol. The summed E-state index contributed by atoms with van der Waals surface area (Å²) < 4.78 is 5.97. The lowest BCUT2D eigenvalue weighted by Crippen LogP contribution is -2.37. The normalized spacial score (nSPS) is 23.1. The molecule has 6 nitrogen and oxygen atoms in total. The SMILES string of the molecule is CCNc1ncnc(NCC2(O)CCOC2)c1Br. The minimum atomic E-state index is -0.803. The third-order valence-corrected chi connectivity index (χ3v) is 3.55. The lowest BCUT2D eigenvalue weighted by atomic mass is 10.0. The van der Waals surface area contributed by atoms with Gasteiger partial charge < -0.3 is 20.5 Å². The van der Waals surface area contributed by atoms with Gasteiger partial charge >= 0.3 is 0 Å². The van der Waals surface area contributed by atoms with Crippen LogP contribution in [0.1, 0.15) is 13.3 Å². The highest BCUT2D eigenvalue weighted by molar-refractivity contribution is 9.10. The maximum atomic E-state index is 10.2. The molecule has 2 rings (SSSR count). The van der Waals surface area contributed by atoms with Crippen LogP contribution in [0.2, 0.25) is 0 Å². The van der Waals surface area contributed by atoms with E-state index in [4.69, 9.17) is 4.74 Å². The van der Waals surface area contributed by atoms with Crippen LogP contribution >= 0.6 is 15.9 Å². The third-order valence-electron chi connectivity index (χ3n) is 2.80. The van der Waals surface area contributed by atoms with Crippen LogP contribution in [0.25, 0.3) is 0 Å². The van der Waals surface area contributed by atoms with Crippen LogP contribution in [-0.2, 0) is 4.74 Å². The molecular weight excluding hydrogens is 300 g/mol. The second kappa shape index (κ2) is 5.81. The minimum Gasteiger partial charge on any atom is -0.386 e. The Bertz CT molecular complexity index is 410. The summed E-state index contributed by atoms with van der Waals surface area (Å²) in [5.74, 6) is 1.41. The third kappa shape index (κ3) is 3.09. The van der Waals surface area contributed by atoms with E-state index in [-0.39, 0.29) is 0 Å². The van der Waals surface area contributed by atoms with Crippen molar-refractivity contribution in [3.8, 4) is 0 Å². The molecule has 0 bridgehead atoms. The van der Waals surface area contributed by atoms with Gasteiger partial charge in [-0.15, -0.1) is 0 Å². The zero-order valence-electron chi connectivity index (χ0n) is 10.2. The van der Waals surface area contributed by atoms with Gasteiger partial charge in [0.1, 0.15) is 28.0 Å². The van der Waals surface area contributed by atoms with E-state index in [9.17, 15) is 5.11 Å². The number of nitrogens with zero attached hydrogens (tertiary/aromatic N) is 2. The Hall–Kier alpha value is -0.920. The molecule has 2 heterocycles. The van der Waals surface area contributed by atoms with E-state index in [1.165, 1.54) is 6.33 Å². The summed E-state index contributed by atoms with van der Waals surface area (Å²) in [5, 5.41) is 16.4. The zero-order chi connectivity index (χ0) is 13.0. The monoisotopic (exact) mass is 316 g/mol. The molecule has 1 unspecified atom stereocenters. The molecule has 0 aromatic carbocycles. The fraction of sp³-hybridized carbons (Fsp3) is 0.636. The van der Waals surface area contributed by atoms with E-state index in [0.717, 1.165) is 16.8 Å². The highest BCUT2D eigenvalue weighted by Crippen LogP contribution is 2.27. The van der Waals surface area contributed by atoms with Gasteiger partial charge in [0.2, 0.25) is 0 Å². The van der Waals surface area contributed by atoms with Crippen molar-refractivity contribution in [3.05, 3.63) is 10.8 Å². The van der Waals surface area contributed by atoms with Crippen LogP contribution in [0.5, 0.6) is 0 Å². The van der Waals surface area contributed by atoms with Crippen LogP contribution in [0.4, 0.5) is 11.6 Å². The van der Waals surface area contributed by atoms with Crippen molar-refractivity contribution in [3.63, 3.8) is 0 Å². The quantitative estimate of drug-likeness (QED) is 0.758. The first-order valence-electron chi connectivity index (χ1n) is 5.93. The molecule has 7 heteroatoms. The van der Waals surface area contributed by atoms with Gasteiger partial charge in [-0.2, -0.15) is 0 Å². The standard InChI is InChI=1S/C11H17BrN4O2/c1-2-13-9-8(12)10(16-7-15-9)14-5-11(17)3-4-18-6-11/h7,17H,2-6H2,1H3,(H2,13,14,15,16). The number of ether oxygens (including phenoxy) is 1. The van der Waals surface area contributed by atoms with Crippen LogP contribution in [0.15, 0.2) is 10.8 Å². The first-order valence-corrected chi connectivity index (χ1v) is 6.72. The van der Waals surface area contributed by atoms with Gasteiger partial charge in [0.25, 0.3) is 0 Å². The van der Waals surface area contributed by atoms with Gasteiger partial charge in [-0.05, 0) is 22.9 Å². The minimum absolute atomic E-state index is 0.364. The number of halogens is 1. The summed E-state index contributed by atoms with van der Waals surface area (Å²) in [6.45, 7) is 4.16. The van der Waals surface area contributed by atoms with Crippen molar-refractivity contribution in [2.24, 2.45) is 0 Å². The Balaban J connectivity index is 2.02. The molecular formula is C11H17BrN4O2. The largest absolute Gasteiger partial charge is 0.386 e. The van der Waals surface area contributed by atoms with Gasteiger partial charge in [-0.1, -0.05) is 0 Å². The van der Waals surface area contributed by atoms with E-state index >= 15 is 0 Å². The Kier molecular flexibility index (Phi) is 4.36. The maximum absolute atomic E-state index is 10.2. The number of rotatable bonds is 5. The maximum Gasteiger partial charge on any atom is 0.146 e. The van der Waals surface area contributed by atoms with Crippen molar-refractivity contribution < 1.29 is 9.84 Å². The van der Waals surface area contributed by atoms with E-state index in [1.54, 1.807) is 0 Å². The summed E-state index contributed by atoms with van der Waals surface area (Å²) in [5.41, 5.74) is -0.803. The number of nitrogens with one attached hydrogen (secondary N) is 2. The second-order valence-electron chi connectivity index (χ2n) is 4.30. The molecule has 1 fully saturated rings. The molecule has 1 saturated heterocycles. The van der Waals surface area contributed by atoms with Crippen LogP contribution in [0.3, 0.4) is 0 Å². The summed E-state index contributed by atoms with van der Waals surface area (Å²) in [6.07, 6.45) is 2.13. The van der Waals surface area contributed by atoms with E-state index in [1.807, 2.05) is 6.92 Å². The van der Waals surface area contributed by atoms with Crippen LogP contribution < -0.4 is 10.6 Å². The predicted octanol–water partition coefficient (Wildman–Crippen LogP) is 1.23. The molecule has 3 N–H and O–H groups in total. The highest BCUT2D eigenvalue weighted by Gasteiger charge is 2.32.